The molecule has 0 fully saturated rings. The number of benzene rings is 1. The lowest BCUT2D eigenvalue weighted by molar-refractivity contribution is -0.138. The van der Waals surface area contributed by atoms with Gasteiger partial charge >= 0.3 is 5.97 Å². The minimum Gasteiger partial charge on any atom is -0.481 e. The highest BCUT2D eigenvalue weighted by atomic mass is 16.4. The van der Waals surface area contributed by atoms with Crippen molar-refractivity contribution in [3.05, 3.63) is 30.3 Å². The van der Waals surface area contributed by atoms with Gasteiger partial charge in [-0.25, -0.2) is 0 Å². The first kappa shape index (κ1) is 14.2. The Bertz CT molecular complexity index is 403. The molecule has 0 aliphatic carbocycles. The summed E-state index contributed by atoms with van der Waals surface area (Å²) in [5.74, 6) is -1.04. The molecule has 1 atom stereocenters. The lowest BCUT2D eigenvalue weighted by Gasteiger charge is -2.22. The quantitative estimate of drug-likeness (QED) is 0.842. The van der Waals surface area contributed by atoms with E-state index < -0.39 is 5.97 Å². The van der Waals surface area contributed by atoms with E-state index in [1.54, 1.807) is 11.8 Å². The third kappa shape index (κ3) is 4.20. The van der Waals surface area contributed by atoms with Gasteiger partial charge in [0.15, 0.2) is 0 Å². The molecule has 0 bridgehead atoms. The van der Waals surface area contributed by atoms with Crippen molar-refractivity contribution in [2.24, 2.45) is 5.92 Å². The van der Waals surface area contributed by atoms with Crippen LogP contribution < -0.4 is 4.90 Å². The number of anilines is 1. The Kier molecular flexibility index (Phi) is 5.36. The number of nitrogens with zero attached hydrogens (tertiary/aromatic N) is 1. The number of hydrogen-bond acceptors (Lipinski definition) is 2. The second kappa shape index (κ2) is 6.79. The first-order chi connectivity index (χ1) is 8.54. The molecule has 0 spiro atoms. The van der Waals surface area contributed by atoms with Crippen LogP contribution in [0.3, 0.4) is 0 Å². The molecule has 1 N–H and O–H groups in total. The second-order valence-corrected chi connectivity index (χ2v) is 4.38. The lowest BCUT2D eigenvalue weighted by Crippen LogP contribution is -2.32. The Balaban J connectivity index is 2.66. The maximum absolute atomic E-state index is 12.1. The van der Waals surface area contributed by atoms with Crippen molar-refractivity contribution in [3.63, 3.8) is 0 Å². The number of amides is 1. The van der Waals surface area contributed by atoms with Crippen molar-refractivity contribution in [3.8, 4) is 0 Å². The van der Waals surface area contributed by atoms with Crippen molar-refractivity contribution in [2.75, 3.05) is 11.4 Å². The SMILES string of the molecule is CCN(C(=O)CC(C)CC(=O)O)c1ccccc1. The van der Waals surface area contributed by atoms with E-state index in [2.05, 4.69) is 0 Å². The summed E-state index contributed by atoms with van der Waals surface area (Å²) in [4.78, 5) is 24.4. The topological polar surface area (TPSA) is 57.6 Å². The fourth-order valence-electron chi connectivity index (χ4n) is 1.89. The number of carboxylic acid groups (broad SMARTS) is 1. The summed E-state index contributed by atoms with van der Waals surface area (Å²) in [7, 11) is 0. The van der Waals surface area contributed by atoms with E-state index in [4.69, 9.17) is 5.11 Å². The van der Waals surface area contributed by atoms with Crippen molar-refractivity contribution in [1.29, 1.82) is 0 Å². The van der Waals surface area contributed by atoms with E-state index in [-0.39, 0.29) is 24.7 Å². The molecular weight excluding hydrogens is 230 g/mol. The Morgan fingerprint density at radius 2 is 1.83 bits per heavy atom. The molecule has 0 aliphatic rings. The maximum Gasteiger partial charge on any atom is 0.303 e. The van der Waals surface area contributed by atoms with Gasteiger partial charge in [-0.2, -0.15) is 0 Å². The van der Waals surface area contributed by atoms with Crippen molar-refractivity contribution < 1.29 is 14.7 Å². The van der Waals surface area contributed by atoms with Gasteiger partial charge in [0.05, 0.1) is 0 Å². The summed E-state index contributed by atoms with van der Waals surface area (Å²) >= 11 is 0. The third-order valence-electron chi connectivity index (χ3n) is 2.73. The van der Waals surface area contributed by atoms with Gasteiger partial charge in [-0.3, -0.25) is 9.59 Å². The largest absolute Gasteiger partial charge is 0.481 e. The van der Waals surface area contributed by atoms with Gasteiger partial charge in [-0.1, -0.05) is 25.1 Å². The van der Waals surface area contributed by atoms with Gasteiger partial charge in [0.1, 0.15) is 0 Å². The fraction of sp³-hybridized carbons (Fsp3) is 0.429. The van der Waals surface area contributed by atoms with Crippen LogP contribution in [0.4, 0.5) is 5.69 Å². The highest BCUT2D eigenvalue weighted by Crippen LogP contribution is 2.17. The molecule has 0 radical (unpaired) electrons. The van der Waals surface area contributed by atoms with E-state index in [1.807, 2.05) is 37.3 Å². The molecule has 0 saturated carbocycles. The van der Waals surface area contributed by atoms with Crippen LogP contribution in [0.1, 0.15) is 26.7 Å². The monoisotopic (exact) mass is 249 g/mol. The Morgan fingerprint density at radius 1 is 1.22 bits per heavy atom. The summed E-state index contributed by atoms with van der Waals surface area (Å²) in [5, 5.41) is 8.68. The third-order valence-corrected chi connectivity index (χ3v) is 2.73. The molecule has 4 heteroatoms. The number of para-hydroxylation sites is 1. The Labute approximate surface area is 107 Å². The first-order valence-corrected chi connectivity index (χ1v) is 6.11. The van der Waals surface area contributed by atoms with Gasteiger partial charge in [0.2, 0.25) is 5.91 Å². The van der Waals surface area contributed by atoms with Gasteiger partial charge in [0, 0.05) is 25.1 Å². The molecule has 1 aromatic rings. The summed E-state index contributed by atoms with van der Waals surface area (Å²) in [6.07, 6.45) is 0.285. The number of carbonyl (C=O) groups is 2. The van der Waals surface area contributed by atoms with Gasteiger partial charge < -0.3 is 10.0 Å². The minimum atomic E-state index is -0.863. The predicted octanol–water partition coefficient (Wildman–Crippen LogP) is 2.54. The standard InChI is InChI=1S/C14H19NO3/c1-3-15(12-7-5-4-6-8-12)13(16)9-11(2)10-14(17)18/h4-8,11H,3,9-10H2,1-2H3,(H,17,18). The van der Waals surface area contributed by atoms with E-state index in [0.717, 1.165) is 5.69 Å². The van der Waals surface area contributed by atoms with Crippen molar-refractivity contribution in [1.82, 2.24) is 0 Å². The van der Waals surface area contributed by atoms with Crippen LogP contribution in [-0.2, 0) is 9.59 Å². The van der Waals surface area contributed by atoms with Crippen LogP contribution in [0.25, 0.3) is 0 Å². The molecule has 0 heterocycles. The van der Waals surface area contributed by atoms with E-state index in [0.29, 0.717) is 6.54 Å². The number of carbonyl (C=O) groups excluding carboxylic acids is 1. The predicted molar refractivity (Wildman–Crippen MR) is 70.5 cm³/mol. The highest BCUT2D eigenvalue weighted by molar-refractivity contribution is 5.93. The van der Waals surface area contributed by atoms with Crippen LogP contribution in [-0.4, -0.2) is 23.5 Å². The number of hydrogen-bond donors (Lipinski definition) is 1. The fourth-order valence-corrected chi connectivity index (χ4v) is 1.89. The number of carboxylic acids is 1. The number of rotatable bonds is 6. The summed E-state index contributed by atoms with van der Waals surface area (Å²) in [6, 6.07) is 9.42. The molecule has 0 saturated heterocycles. The molecule has 0 aliphatic heterocycles. The molecule has 1 rings (SSSR count). The minimum absolute atomic E-state index is 0.0259. The van der Waals surface area contributed by atoms with Crippen LogP contribution in [0.5, 0.6) is 0 Å². The van der Waals surface area contributed by atoms with Gasteiger partial charge in [-0.15, -0.1) is 0 Å². The molecular formula is C14H19NO3. The van der Waals surface area contributed by atoms with Gasteiger partial charge in [-0.05, 0) is 25.0 Å². The molecule has 18 heavy (non-hydrogen) atoms. The summed E-state index contributed by atoms with van der Waals surface area (Å²) < 4.78 is 0. The van der Waals surface area contributed by atoms with Gasteiger partial charge in [0.25, 0.3) is 0 Å². The van der Waals surface area contributed by atoms with Crippen LogP contribution in [0, 0.1) is 5.92 Å². The molecule has 1 amide bonds. The second-order valence-electron chi connectivity index (χ2n) is 4.38. The molecule has 1 unspecified atom stereocenters. The molecule has 4 nitrogen and oxygen atoms in total. The summed E-state index contributed by atoms with van der Waals surface area (Å²) in [5.41, 5.74) is 0.854. The average Bonchev–Trinajstić information content (AvgIpc) is 2.29. The zero-order valence-electron chi connectivity index (χ0n) is 10.8. The van der Waals surface area contributed by atoms with Crippen LogP contribution in [0.2, 0.25) is 0 Å². The van der Waals surface area contributed by atoms with E-state index >= 15 is 0 Å². The van der Waals surface area contributed by atoms with Crippen LogP contribution in [0.15, 0.2) is 30.3 Å². The van der Waals surface area contributed by atoms with E-state index in [9.17, 15) is 9.59 Å². The van der Waals surface area contributed by atoms with Crippen molar-refractivity contribution in [2.45, 2.75) is 26.7 Å². The first-order valence-electron chi connectivity index (χ1n) is 6.11. The summed E-state index contributed by atoms with van der Waals surface area (Å²) in [6.45, 7) is 4.28. The van der Waals surface area contributed by atoms with Crippen LogP contribution >= 0.6 is 0 Å². The highest BCUT2D eigenvalue weighted by Gasteiger charge is 2.18. The average molecular weight is 249 g/mol. The van der Waals surface area contributed by atoms with E-state index in [1.165, 1.54) is 0 Å². The normalized spacial score (nSPS) is 11.9. The molecule has 98 valence electrons. The molecule has 1 aromatic carbocycles. The Hall–Kier alpha value is -1.84. The zero-order chi connectivity index (χ0) is 13.5. The smallest absolute Gasteiger partial charge is 0.303 e. The lowest BCUT2D eigenvalue weighted by atomic mass is 10.0. The van der Waals surface area contributed by atoms with Crippen molar-refractivity contribution >= 4 is 17.6 Å². The maximum atomic E-state index is 12.1. The zero-order valence-corrected chi connectivity index (χ0v) is 10.8. The number of aliphatic carboxylic acids is 1. The Morgan fingerprint density at radius 3 is 2.33 bits per heavy atom. The molecule has 0 aromatic heterocycles.